The van der Waals surface area contributed by atoms with Gasteiger partial charge in [-0.15, -0.1) is 35.3 Å². The predicted molar refractivity (Wildman–Crippen MR) is 71.6 cm³/mol. The van der Waals surface area contributed by atoms with Gasteiger partial charge in [-0.25, -0.2) is 4.98 Å². The molecular weight excluding hydrogens is 325 g/mol. The fourth-order valence-corrected chi connectivity index (χ4v) is 1.53. The highest BCUT2D eigenvalue weighted by Gasteiger charge is 2.14. The van der Waals surface area contributed by atoms with Crippen molar-refractivity contribution >= 4 is 63.8 Å². The summed E-state index contributed by atoms with van der Waals surface area (Å²) in [5.41, 5.74) is 1.73. The van der Waals surface area contributed by atoms with Gasteiger partial charge in [0.1, 0.15) is 11.6 Å². The molecule has 1 aromatic heterocycles. The van der Waals surface area contributed by atoms with Crippen molar-refractivity contribution < 1.29 is 14.4 Å². The average Bonchev–Trinajstić information content (AvgIpc) is 2.81. The van der Waals surface area contributed by atoms with E-state index in [1.54, 1.807) is 5.38 Å². The molecule has 0 saturated carbocycles. The van der Waals surface area contributed by atoms with E-state index in [1.807, 2.05) is 0 Å². The molecule has 6 nitrogen and oxygen atoms in total. The number of carbonyl (C=O) groups excluding carboxylic acids is 2. The molecular formula is C8H8Cl3N3O3S. The quantitative estimate of drug-likeness (QED) is 0.213. The smallest absolute Gasteiger partial charge is 0.276 e. The number of nitrogens with zero attached hydrogens (tertiary/aromatic N) is 2. The third-order valence-electron chi connectivity index (χ3n) is 1.47. The topological polar surface area (TPSA) is 80.6 Å². The molecule has 0 aromatic carbocycles. The lowest BCUT2D eigenvalue weighted by Crippen LogP contribution is -2.26. The summed E-state index contributed by atoms with van der Waals surface area (Å²) < 4.78 is 0. The summed E-state index contributed by atoms with van der Waals surface area (Å²) in [5, 5.41) is 6.60. The van der Waals surface area contributed by atoms with Crippen molar-refractivity contribution in [2.24, 2.45) is 5.16 Å². The van der Waals surface area contributed by atoms with Gasteiger partial charge in [0, 0.05) is 5.38 Å². The molecule has 0 fully saturated rings. The largest absolute Gasteiger partial charge is 0.373 e. The van der Waals surface area contributed by atoms with E-state index in [9.17, 15) is 9.59 Å². The van der Waals surface area contributed by atoms with Crippen LogP contribution in [-0.2, 0) is 14.4 Å². The molecule has 10 heteroatoms. The lowest BCUT2D eigenvalue weighted by atomic mass is 10.3. The van der Waals surface area contributed by atoms with E-state index in [0.29, 0.717) is 5.69 Å². The Balaban J connectivity index is 0.00000289. The minimum absolute atomic E-state index is 0. The Morgan fingerprint density at radius 2 is 2.28 bits per heavy atom. The maximum Gasteiger partial charge on any atom is 0.276 e. The molecule has 0 aliphatic carbocycles. The molecule has 0 atom stereocenters. The van der Waals surface area contributed by atoms with Gasteiger partial charge in [0.2, 0.25) is 5.91 Å². The van der Waals surface area contributed by atoms with Crippen LogP contribution in [-0.4, -0.2) is 34.5 Å². The Morgan fingerprint density at radius 3 is 2.78 bits per heavy atom. The molecule has 0 aliphatic heterocycles. The highest BCUT2D eigenvalue weighted by Crippen LogP contribution is 2.05. The van der Waals surface area contributed by atoms with Crippen molar-refractivity contribution in [1.82, 2.24) is 10.3 Å². The summed E-state index contributed by atoms with van der Waals surface area (Å²) >= 11 is 11.8. The van der Waals surface area contributed by atoms with Crippen LogP contribution in [0.4, 0.5) is 0 Å². The summed E-state index contributed by atoms with van der Waals surface area (Å²) in [6.07, 6.45) is 0. The van der Waals surface area contributed by atoms with E-state index in [0.717, 1.165) is 0 Å². The van der Waals surface area contributed by atoms with Crippen LogP contribution >= 0.6 is 46.9 Å². The summed E-state index contributed by atoms with van der Waals surface area (Å²) in [7, 11) is 0. The zero-order chi connectivity index (χ0) is 12.7. The number of amides is 1. The van der Waals surface area contributed by atoms with Gasteiger partial charge in [-0.3, -0.25) is 9.59 Å². The van der Waals surface area contributed by atoms with Gasteiger partial charge in [-0.2, -0.15) is 0 Å². The third-order valence-corrected chi connectivity index (χ3v) is 2.48. The molecule has 0 aliphatic rings. The standard InChI is InChI=1S/C8H7Cl2N3O3S.ClH/c9-1-6(14)11-3-16-13-7(8(10)15)5-2-17-4-12-5;/h2,4H,1,3H2,(H,11,14);1H/b13-7-;. The second kappa shape index (κ2) is 9.09. The van der Waals surface area contributed by atoms with Crippen LogP contribution in [0.1, 0.15) is 5.69 Å². The average molecular weight is 333 g/mol. The number of aromatic nitrogens is 1. The number of hydrogen-bond acceptors (Lipinski definition) is 6. The number of halogens is 3. The fraction of sp³-hybridized carbons (Fsp3) is 0.250. The number of rotatable bonds is 6. The number of alkyl halides is 1. The Hall–Kier alpha value is -0.890. The van der Waals surface area contributed by atoms with Gasteiger partial charge in [0.15, 0.2) is 12.4 Å². The molecule has 18 heavy (non-hydrogen) atoms. The molecule has 0 radical (unpaired) electrons. The van der Waals surface area contributed by atoms with Gasteiger partial charge in [0.05, 0.1) is 5.51 Å². The first kappa shape index (κ1) is 17.1. The Kier molecular flexibility index (Phi) is 8.65. The maximum atomic E-state index is 11.0. The molecule has 1 rings (SSSR count). The van der Waals surface area contributed by atoms with Crippen LogP contribution < -0.4 is 5.32 Å². The van der Waals surface area contributed by atoms with Crippen molar-refractivity contribution in [3.63, 3.8) is 0 Å². The zero-order valence-corrected chi connectivity index (χ0v) is 11.9. The number of oxime groups is 1. The summed E-state index contributed by atoms with van der Waals surface area (Å²) in [5.74, 6) is -0.588. The van der Waals surface area contributed by atoms with Crippen LogP contribution in [0.2, 0.25) is 0 Å². The van der Waals surface area contributed by atoms with Gasteiger partial charge in [-0.1, -0.05) is 5.16 Å². The zero-order valence-electron chi connectivity index (χ0n) is 8.76. The van der Waals surface area contributed by atoms with Gasteiger partial charge in [-0.05, 0) is 11.6 Å². The molecule has 100 valence electrons. The van der Waals surface area contributed by atoms with Crippen molar-refractivity contribution in [3.8, 4) is 0 Å². The van der Waals surface area contributed by atoms with Crippen molar-refractivity contribution in [2.45, 2.75) is 0 Å². The number of thiazole rings is 1. The molecule has 0 saturated heterocycles. The van der Waals surface area contributed by atoms with Crippen molar-refractivity contribution in [2.75, 3.05) is 12.6 Å². The van der Waals surface area contributed by atoms with Crippen LogP contribution in [0.3, 0.4) is 0 Å². The van der Waals surface area contributed by atoms with E-state index in [-0.39, 0.29) is 30.7 Å². The van der Waals surface area contributed by atoms with Gasteiger partial charge in [0.25, 0.3) is 5.24 Å². The summed E-state index contributed by atoms with van der Waals surface area (Å²) in [6.45, 7) is -0.205. The van der Waals surface area contributed by atoms with Crippen LogP contribution in [0, 0.1) is 0 Å². The second-order valence-corrected chi connectivity index (χ2v) is 3.92. The number of carbonyl (C=O) groups is 2. The molecule has 0 unspecified atom stereocenters. The maximum absolute atomic E-state index is 11.0. The van der Waals surface area contributed by atoms with Gasteiger partial charge >= 0.3 is 0 Å². The first-order chi connectivity index (χ1) is 8.15. The molecule has 1 N–H and O–H groups in total. The lowest BCUT2D eigenvalue weighted by molar-refractivity contribution is -0.120. The first-order valence-corrected chi connectivity index (χ1v) is 6.11. The van der Waals surface area contributed by atoms with Crippen LogP contribution in [0.5, 0.6) is 0 Å². The molecule has 1 amide bonds. The first-order valence-electron chi connectivity index (χ1n) is 4.26. The molecule has 1 heterocycles. The second-order valence-electron chi connectivity index (χ2n) is 2.59. The molecule has 1 aromatic rings. The van der Waals surface area contributed by atoms with Crippen LogP contribution in [0.25, 0.3) is 0 Å². The number of hydrogen-bond donors (Lipinski definition) is 1. The van der Waals surface area contributed by atoms with E-state index >= 15 is 0 Å². The van der Waals surface area contributed by atoms with Crippen molar-refractivity contribution in [1.29, 1.82) is 0 Å². The Bertz CT molecular complexity index is 424. The third kappa shape index (κ3) is 5.63. The Labute approximate surface area is 123 Å². The monoisotopic (exact) mass is 331 g/mol. The highest BCUT2D eigenvalue weighted by atomic mass is 35.5. The van der Waals surface area contributed by atoms with Crippen molar-refractivity contribution in [3.05, 3.63) is 16.6 Å². The van der Waals surface area contributed by atoms with E-state index in [2.05, 4.69) is 15.5 Å². The summed E-state index contributed by atoms with van der Waals surface area (Å²) in [6, 6.07) is 0. The lowest BCUT2D eigenvalue weighted by Gasteiger charge is -2.01. The predicted octanol–water partition coefficient (Wildman–Crippen LogP) is 1.36. The van der Waals surface area contributed by atoms with Gasteiger partial charge < -0.3 is 10.2 Å². The van der Waals surface area contributed by atoms with E-state index in [1.165, 1.54) is 16.8 Å². The Morgan fingerprint density at radius 1 is 1.56 bits per heavy atom. The molecule has 0 spiro atoms. The van der Waals surface area contributed by atoms with E-state index in [4.69, 9.17) is 28.0 Å². The summed E-state index contributed by atoms with van der Waals surface area (Å²) in [4.78, 5) is 30.4. The molecule has 0 bridgehead atoms. The minimum atomic E-state index is -0.792. The normalized spacial score (nSPS) is 10.4. The highest BCUT2D eigenvalue weighted by molar-refractivity contribution is 7.08. The SMILES string of the molecule is Cl.O=C(CCl)NCO/N=C(\C(=O)Cl)c1cscn1. The van der Waals surface area contributed by atoms with Crippen LogP contribution in [0.15, 0.2) is 16.0 Å². The van der Waals surface area contributed by atoms with E-state index < -0.39 is 11.1 Å². The fourth-order valence-electron chi connectivity index (χ4n) is 0.770. The number of nitrogens with one attached hydrogen (secondary N) is 1. The minimum Gasteiger partial charge on any atom is -0.373 e.